The summed E-state index contributed by atoms with van der Waals surface area (Å²) in [4.78, 5) is 32.7. The van der Waals surface area contributed by atoms with Gasteiger partial charge in [0.2, 0.25) is 11.8 Å². The number of carboxylic acid groups (broad SMARTS) is 1. The monoisotopic (exact) mass is 228 g/mol. The van der Waals surface area contributed by atoms with Gasteiger partial charge in [0.05, 0.1) is 0 Å². The molecule has 6 heteroatoms. The van der Waals surface area contributed by atoms with E-state index in [4.69, 9.17) is 5.11 Å². The quantitative estimate of drug-likeness (QED) is 0.570. The largest absolute Gasteiger partial charge is 0.480 e. The number of aliphatic carboxylic acids is 1. The molecule has 6 nitrogen and oxygen atoms in total. The summed E-state index contributed by atoms with van der Waals surface area (Å²) >= 11 is 0. The highest BCUT2D eigenvalue weighted by atomic mass is 16.4. The lowest BCUT2D eigenvalue weighted by Gasteiger charge is -2.13. The number of carbonyl (C=O) groups excluding carboxylic acids is 2. The molecule has 90 valence electrons. The summed E-state index contributed by atoms with van der Waals surface area (Å²) in [5, 5.41) is 13.8. The van der Waals surface area contributed by atoms with Crippen LogP contribution in [0.4, 0.5) is 0 Å². The zero-order chi connectivity index (χ0) is 12.1. The predicted octanol–water partition coefficient (Wildman–Crippen LogP) is -0.508. The molecule has 1 unspecified atom stereocenters. The van der Waals surface area contributed by atoms with Crippen molar-refractivity contribution in [1.29, 1.82) is 0 Å². The molecule has 0 aliphatic heterocycles. The molecule has 16 heavy (non-hydrogen) atoms. The van der Waals surface area contributed by atoms with Crippen molar-refractivity contribution in [2.45, 2.75) is 32.2 Å². The van der Waals surface area contributed by atoms with Crippen LogP contribution in [0.25, 0.3) is 0 Å². The van der Waals surface area contributed by atoms with Crippen LogP contribution in [0, 0.1) is 5.92 Å². The molecule has 1 atom stereocenters. The smallest absolute Gasteiger partial charge is 0.326 e. The lowest BCUT2D eigenvalue weighted by atomic mass is 10.2. The maximum Gasteiger partial charge on any atom is 0.326 e. The van der Waals surface area contributed by atoms with Crippen LogP contribution in [0.2, 0.25) is 0 Å². The minimum Gasteiger partial charge on any atom is -0.480 e. The molecule has 1 aliphatic rings. The number of amides is 2. The third-order valence-electron chi connectivity index (χ3n) is 2.40. The van der Waals surface area contributed by atoms with Gasteiger partial charge < -0.3 is 15.7 Å². The number of nitrogens with one attached hydrogen (secondary N) is 2. The van der Waals surface area contributed by atoms with E-state index < -0.39 is 12.0 Å². The topological polar surface area (TPSA) is 95.5 Å². The van der Waals surface area contributed by atoms with Gasteiger partial charge in [-0.15, -0.1) is 0 Å². The third-order valence-corrected chi connectivity index (χ3v) is 2.40. The molecule has 1 aliphatic carbocycles. The molecule has 0 aromatic heterocycles. The highest BCUT2D eigenvalue weighted by Gasteiger charge is 2.37. The van der Waals surface area contributed by atoms with Gasteiger partial charge in [0.25, 0.3) is 0 Å². The summed E-state index contributed by atoms with van der Waals surface area (Å²) in [7, 11) is 0. The van der Waals surface area contributed by atoms with E-state index in [1.807, 2.05) is 0 Å². The fourth-order valence-electron chi connectivity index (χ4n) is 1.41. The zero-order valence-electron chi connectivity index (χ0n) is 9.16. The zero-order valence-corrected chi connectivity index (χ0v) is 9.16. The first-order valence-corrected chi connectivity index (χ1v) is 5.27. The van der Waals surface area contributed by atoms with Crippen molar-refractivity contribution in [1.82, 2.24) is 10.6 Å². The Morgan fingerprint density at radius 1 is 1.38 bits per heavy atom. The van der Waals surface area contributed by atoms with Crippen molar-refractivity contribution in [3.05, 3.63) is 0 Å². The molecule has 0 saturated heterocycles. The van der Waals surface area contributed by atoms with Crippen molar-refractivity contribution < 1.29 is 19.5 Å². The van der Waals surface area contributed by atoms with Crippen molar-refractivity contribution in [2.75, 3.05) is 6.54 Å². The summed E-state index contributed by atoms with van der Waals surface area (Å²) < 4.78 is 0. The molecule has 1 fully saturated rings. The molecule has 0 aromatic rings. The van der Waals surface area contributed by atoms with Crippen LogP contribution in [-0.4, -0.2) is 35.5 Å². The first-order valence-electron chi connectivity index (χ1n) is 5.27. The van der Waals surface area contributed by atoms with Crippen LogP contribution in [0.15, 0.2) is 0 Å². The van der Waals surface area contributed by atoms with Crippen LogP contribution < -0.4 is 10.6 Å². The Labute approximate surface area is 93.4 Å². The molecular weight excluding hydrogens is 212 g/mol. The Balaban J connectivity index is 2.26. The van der Waals surface area contributed by atoms with Crippen LogP contribution in [0.1, 0.15) is 26.2 Å². The van der Waals surface area contributed by atoms with Crippen LogP contribution in [-0.2, 0) is 14.4 Å². The first kappa shape index (κ1) is 12.5. The average molecular weight is 228 g/mol. The normalized spacial score (nSPS) is 16.3. The number of rotatable bonds is 6. The predicted molar refractivity (Wildman–Crippen MR) is 55.6 cm³/mol. The Hall–Kier alpha value is -1.59. The van der Waals surface area contributed by atoms with Gasteiger partial charge >= 0.3 is 5.97 Å². The Bertz CT molecular complexity index is 299. The van der Waals surface area contributed by atoms with Crippen LogP contribution in [0.3, 0.4) is 0 Å². The van der Waals surface area contributed by atoms with E-state index in [1.165, 1.54) is 6.92 Å². The van der Waals surface area contributed by atoms with Crippen molar-refractivity contribution >= 4 is 17.8 Å². The Morgan fingerprint density at radius 2 is 2.00 bits per heavy atom. The van der Waals surface area contributed by atoms with Crippen molar-refractivity contribution in [3.63, 3.8) is 0 Å². The highest BCUT2D eigenvalue weighted by molar-refractivity contribution is 5.84. The lowest BCUT2D eigenvalue weighted by molar-refractivity contribution is -0.142. The van der Waals surface area contributed by atoms with E-state index in [1.54, 1.807) is 0 Å². The Morgan fingerprint density at radius 3 is 2.44 bits per heavy atom. The molecule has 1 saturated carbocycles. The molecular formula is C10H16N2O4. The molecule has 1 rings (SSSR count). The third kappa shape index (κ3) is 4.29. The minimum absolute atomic E-state index is 0.0715. The molecule has 3 N–H and O–H groups in total. The standard InChI is InChI=1S/C10H16N2O4/c1-6(13)11-5-4-8(14)12-9(10(15)16)7-2-3-7/h7,9H,2-5H2,1H3,(H,11,13)(H,12,14)(H,15,16). The van der Waals surface area contributed by atoms with Gasteiger partial charge in [0.1, 0.15) is 6.04 Å². The SMILES string of the molecule is CC(=O)NCCC(=O)NC(C(=O)O)C1CC1. The number of carbonyl (C=O) groups is 3. The fourth-order valence-corrected chi connectivity index (χ4v) is 1.41. The molecule has 2 amide bonds. The molecule has 0 bridgehead atoms. The van der Waals surface area contributed by atoms with Crippen LogP contribution >= 0.6 is 0 Å². The van der Waals surface area contributed by atoms with Crippen LogP contribution in [0.5, 0.6) is 0 Å². The van der Waals surface area contributed by atoms with E-state index in [9.17, 15) is 14.4 Å². The second-order valence-corrected chi connectivity index (χ2v) is 3.95. The number of carboxylic acids is 1. The maximum absolute atomic E-state index is 11.3. The molecule has 0 aromatic carbocycles. The van der Waals surface area contributed by atoms with E-state index in [0.29, 0.717) is 0 Å². The maximum atomic E-state index is 11.3. The summed E-state index contributed by atoms with van der Waals surface area (Å²) in [6.45, 7) is 1.60. The summed E-state index contributed by atoms with van der Waals surface area (Å²) in [5.41, 5.74) is 0. The summed E-state index contributed by atoms with van der Waals surface area (Å²) in [5.74, 6) is -1.46. The number of hydrogen-bond acceptors (Lipinski definition) is 3. The summed E-state index contributed by atoms with van der Waals surface area (Å²) in [6.07, 6.45) is 1.81. The van der Waals surface area contributed by atoms with Gasteiger partial charge in [-0.3, -0.25) is 9.59 Å². The Kier molecular flexibility index (Phi) is 4.28. The van der Waals surface area contributed by atoms with E-state index in [-0.39, 0.29) is 30.7 Å². The van der Waals surface area contributed by atoms with Gasteiger partial charge in [-0.2, -0.15) is 0 Å². The van der Waals surface area contributed by atoms with E-state index >= 15 is 0 Å². The second kappa shape index (κ2) is 5.48. The number of hydrogen-bond donors (Lipinski definition) is 3. The lowest BCUT2D eigenvalue weighted by Crippen LogP contribution is -2.43. The van der Waals surface area contributed by atoms with Crippen molar-refractivity contribution in [3.8, 4) is 0 Å². The average Bonchev–Trinajstić information content (AvgIpc) is 2.96. The van der Waals surface area contributed by atoms with Gasteiger partial charge in [0, 0.05) is 19.9 Å². The molecule has 0 spiro atoms. The minimum atomic E-state index is -0.990. The fraction of sp³-hybridized carbons (Fsp3) is 0.700. The second-order valence-electron chi connectivity index (χ2n) is 3.95. The molecule has 0 heterocycles. The van der Waals surface area contributed by atoms with Gasteiger partial charge in [0.15, 0.2) is 0 Å². The first-order chi connectivity index (χ1) is 7.50. The van der Waals surface area contributed by atoms with Gasteiger partial charge in [-0.25, -0.2) is 4.79 Å². The molecule has 0 radical (unpaired) electrons. The van der Waals surface area contributed by atoms with E-state index in [0.717, 1.165) is 12.8 Å². The van der Waals surface area contributed by atoms with Gasteiger partial charge in [-0.1, -0.05) is 0 Å². The van der Waals surface area contributed by atoms with Crippen molar-refractivity contribution in [2.24, 2.45) is 5.92 Å². The van der Waals surface area contributed by atoms with Gasteiger partial charge in [-0.05, 0) is 18.8 Å². The van der Waals surface area contributed by atoms with E-state index in [2.05, 4.69) is 10.6 Å². The highest BCUT2D eigenvalue weighted by Crippen LogP contribution is 2.32. The summed E-state index contributed by atoms with van der Waals surface area (Å²) in [6, 6.07) is -0.773.